The van der Waals surface area contributed by atoms with Gasteiger partial charge in [-0.3, -0.25) is 0 Å². The summed E-state index contributed by atoms with van der Waals surface area (Å²) >= 11 is 5.01. The second kappa shape index (κ2) is 5.55. The van der Waals surface area contributed by atoms with Crippen molar-refractivity contribution >= 4 is 27.3 Å². The number of nitrogens with one attached hydrogen (secondary N) is 1. The predicted octanol–water partition coefficient (Wildman–Crippen LogP) is 4.20. The van der Waals surface area contributed by atoms with Gasteiger partial charge < -0.3 is 9.73 Å². The van der Waals surface area contributed by atoms with Crippen LogP contribution in [0.4, 0.5) is 0 Å². The molecule has 18 heavy (non-hydrogen) atoms. The molecule has 1 saturated carbocycles. The minimum absolute atomic E-state index is 0.690. The van der Waals surface area contributed by atoms with Gasteiger partial charge in [-0.1, -0.05) is 12.8 Å². The van der Waals surface area contributed by atoms with E-state index in [1.54, 1.807) is 11.3 Å². The molecule has 1 N–H and O–H groups in total. The van der Waals surface area contributed by atoms with Crippen molar-refractivity contribution in [1.29, 1.82) is 0 Å². The van der Waals surface area contributed by atoms with Gasteiger partial charge in [0.25, 0.3) is 0 Å². The smallest absolute Gasteiger partial charge is 0.169 e. The minimum atomic E-state index is 0.690. The van der Waals surface area contributed by atoms with Gasteiger partial charge in [0.2, 0.25) is 0 Å². The summed E-state index contributed by atoms with van der Waals surface area (Å²) in [6.45, 7) is 0.872. The first-order valence-corrected chi connectivity index (χ1v) is 7.86. The topological polar surface area (TPSA) is 38.1 Å². The molecule has 2 aromatic heterocycles. The highest BCUT2D eigenvalue weighted by Crippen LogP contribution is 2.29. The summed E-state index contributed by atoms with van der Waals surface area (Å²) in [5, 5.41) is 4.71. The Morgan fingerprint density at radius 2 is 2.22 bits per heavy atom. The molecule has 0 amide bonds. The first-order valence-electron chi connectivity index (χ1n) is 6.25. The second-order valence-electron chi connectivity index (χ2n) is 4.58. The highest BCUT2D eigenvalue weighted by molar-refractivity contribution is 9.10. The van der Waals surface area contributed by atoms with Crippen LogP contribution in [0.25, 0.3) is 10.6 Å². The van der Waals surface area contributed by atoms with Crippen LogP contribution in [0.5, 0.6) is 0 Å². The highest BCUT2D eigenvalue weighted by Gasteiger charge is 2.15. The van der Waals surface area contributed by atoms with E-state index in [0.717, 1.165) is 26.9 Å². The molecule has 0 radical (unpaired) electrons. The molecule has 3 nitrogen and oxygen atoms in total. The maximum Gasteiger partial charge on any atom is 0.169 e. The molecule has 3 rings (SSSR count). The lowest BCUT2D eigenvalue weighted by molar-refractivity contribution is 0.523. The largest absolute Gasteiger partial charge is 0.448 e. The Hall–Kier alpha value is -0.650. The Balaban J connectivity index is 1.62. The van der Waals surface area contributed by atoms with Crippen LogP contribution in [0, 0.1) is 0 Å². The van der Waals surface area contributed by atoms with Gasteiger partial charge in [0.05, 0.1) is 4.88 Å². The van der Waals surface area contributed by atoms with Crippen molar-refractivity contribution in [3.05, 3.63) is 28.0 Å². The second-order valence-corrected chi connectivity index (χ2v) is 6.48. The zero-order valence-electron chi connectivity index (χ0n) is 9.99. The molecule has 5 heteroatoms. The molecule has 1 aliphatic carbocycles. The van der Waals surface area contributed by atoms with E-state index in [-0.39, 0.29) is 0 Å². The molecule has 2 aromatic rings. The summed E-state index contributed by atoms with van der Waals surface area (Å²) in [6.07, 6.45) is 7.23. The van der Waals surface area contributed by atoms with Crippen LogP contribution in [0.3, 0.4) is 0 Å². The van der Waals surface area contributed by atoms with E-state index < -0.39 is 0 Å². The summed E-state index contributed by atoms with van der Waals surface area (Å²) < 4.78 is 6.29. The third-order valence-electron chi connectivity index (χ3n) is 3.27. The molecule has 1 fully saturated rings. The molecule has 0 atom stereocenters. The average molecular weight is 327 g/mol. The molecule has 0 aliphatic heterocycles. The van der Waals surface area contributed by atoms with Crippen LogP contribution in [-0.2, 0) is 6.54 Å². The Morgan fingerprint density at radius 1 is 1.39 bits per heavy atom. The Bertz CT molecular complexity index is 517. The summed E-state index contributed by atoms with van der Waals surface area (Å²) in [6, 6.07) is 4.56. The van der Waals surface area contributed by atoms with Crippen LogP contribution < -0.4 is 5.32 Å². The van der Waals surface area contributed by atoms with Crippen LogP contribution in [0.1, 0.15) is 30.7 Å². The number of furan rings is 1. The molecule has 1 aliphatic rings. The van der Waals surface area contributed by atoms with Gasteiger partial charge in [-0.2, -0.15) is 0 Å². The van der Waals surface area contributed by atoms with Crippen molar-refractivity contribution in [2.45, 2.75) is 38.3 Å². The van der Waals surface area contributed by atoms with E-state index >= 15 is 0 Å². The number of nitrogens with zero attached hydrogens (tertiary/aromatic N) is 1. The molecule has 0 bridgehead atoms. The molecule has 0 saturated heterocycles. The van der Waals surface area contributed by atoms with Crippen molar-refractivity contribution in [3.8, 4) is 10.6 Å². The molecule has 0 aromatic carbocycles. The van der Waals surface area contributed by atoms with Crippen molar-refractivity contribution in [1.82, 2.24) is 10.3 Å². The van der Waals surface area contributed by atoms with Crippen molar-refractivity contribution in [3.63, 3.8) is 0 Å². The normalized spacial score (nSPS) is 16.5. The fraction of sp³-hybridized carbons (Fsp3) is 0.462. The molecule has 2 heterocycles. The molecule has 96 valence electrons. The minimum Gasteiger partial charge on any atom is -0.448 e. The van der Waals surface area contributed by atoms with E-state index in [1.165, 1.54) is 25.7 Å². The first kappa shape index (κ1) is 12.4. The monoisotopic (exact) mass is 326 g/mol. The number of hydrogen-bond donors (Lipinski definition) is 1. The first-order chi connectivity index (χ1) is 8.81. The van der Waals surface area contributed by atoms with Gasteiger partial charge >= 0.3 is 0 Å². The van der Waals surface area contributed by atoms with Crippen molar-refractivity contribution in [2.24, 2.45) is 0 Å². The number of rotatable bonds is 4. The SMILES string of the molecule is Brc1ccc(-c2cnc(CNC3CCCC3)s2)o1. The zero-order chi connectivity index (χ0) is 12.4. The summed E-state index contributed by atoms with van der Waals surface area (Å²) in [4.78, 5) is 5.53. The third-order valence-corrected chi connectivity index (χ3v) is 4.70. The summed E-state index contributed by atoms with van der Waals surface area (Å²) in [7, 11) is 0. The number of hydrogen-bond acceptors (Lipinski definition) is 4. The van der Waals surface area contributed by atoms with E-state index in [9.17, 15) is 0 Å². The van der Waals surface area contributed by atoms with Gasteiger partial charge in [0.15, 0.2) is 4.67 Å². The van der Waals surface area contributed by atoms with Crippen LogP contribution in [0.2, 0.25) is 0 Å². The van der Waals surface area contributed by atoms with Crippen molar-refractivity contribution in [2.75, 3.05) is 0 Å². The number of halogens is 1. The lowest BCUT2D eigenvalue weighted by atomic mass is 10.2. The van der Waals surface area contributed by atoms with Crippen LogP contribution in [-0.4, -0.2) is 11.0 Å². The highest BCUT2D eigenvalue weighted by atomic mass is 79.9. The molecular weight excluding hydrogens is 312 g/mol. The zero-order valence-corrected chi connectivity index (χ0v) is 12.4. The predicted molar refractivity (Wildman–Crippen MR) is 76.6 cm³/mol. The maximum atomic E-state index is 5.53. The van der Waals surface area contributed by atoms with Crippen LogP contribution >= 0.6 is 27.3 Å². The average Bonchev–Trinajstić information content (AvgIpc) is 3.07. The quantitative estimate of drug-likeness (QED) is 0.915. The molecule has 0 spiro atoms. The van der Waals surface area contributed by atoms with E-state index in [0.29, 0.717) is 6.04 Å². The Labute approximate surface area is 119 Å². The lowest BCUT2D eigenvalue weighted by Gasteiger charge is -2.09. The summed E-state index contributed by atoms with van der Waals surface area (Å²) in [5.74, 6) is 0.881. The van der Waals surface area contributed by atoms with Crippen molar-refractivity contribution < 1.29 is 4.42 Å². The fourth-order valence-corrected chi connectivity index (χ4v) is 3.45. The standard InChI is InChI=1S/C13H15BrN2OS/c14-12-6-5-10(17-12)11-7-16-13(18-11)8-15-9-3-1-2-4-9/h5-7,9,15H,1-4,8H2. The van der Waals surface area contributed by atoms with Gasteiger partial charge in [0.1, 0.15) is 10.8 Å². The number of aromatic nitrogens is 1. The fourth-order valence-electron chi connectivity index (χ4n) is 2.31. The Kier molecular flexibility index (Phi) is 3.82. The maximum absolute atomic E-state index is 5.53. The lowest BCUT2D eigenvalue weighted by Crippen LogP contribution is -2.25. The summed E-state index contributed by atoms with van der Waals surface area (Å²) in [5.41, 5.74) is 0. The van der Waals surface area contributed by atoms with Gasteiger partial charge in [-0.05, 0) is 40.9 Å². The van der Waals surface area contributed by atoms with E-state index in [2.05, 4.69) is 26.2 Å². The van der Waals surface area contributed by atoms with Gasteiger partial charge in [-0.15, -0.1) is 11.3 Å². The number of thiazole rings is 1. The van der Waals surface area contributed by atoms with Crippen LogP contribution in [0.15, 0.2) is 27.4 Å². The van der Waals surface area contributed by atoms with E-state index in [1.807, 2.05) is 18.3 Å². The molecular formula is C13H15BrN2OS. The third kappa shape index (κ3) is 2.84. The Morgan fingerprint density at radius 3 is 2.94 bits per heavy atom. The van der Waals surface area contributed by atoms with E-state index in [4.69, 9.17) is 4.42 Å². The molecule has 0 unspecified atom stereocenters. The van der Waals surface area contributed by atoms with Gasteiger partial charge in [0, 0.05) is 18.8 Å². The van der Waals surface area contributed by atoms with Gasteiger partial charge in [-0.25, -0.2) is 4.98 Å².